The van der Waals surface area contributed by atoms with Crippen molar-refractivity contribution in [2.75, 3.05) is 13.7 Å². The summed E-state index contributed by atoms with van der Waals surface area (Å²) in [6, 6.07) is 5.32. The van der Waals surface area contributed by atoms with Gasteiger partial charge in [-0.25, -0.2) is 4.98 Å². The van der Waals surface area contributed by atoms with Crippen LogP contribution < -0.4 is 10.3 Å². The predicted octanol–water partition coefficient (Wildman–Crippen LogP) is 1.18. The Hall–Kier alpha value is -1.88. The molecule has 5 nitrogen and oxygen atoms in total. The van der Waals surface area contributed by atoms with Gasteiger partial charge in [-0.1, -0.05) is 6.07 Å². The molecule has 1 aliphatic carbocycles. The Morgan fingerprint density at radius 2 is 2.26 bits per heavy atom. The Morgan fingerprint density at radius 3 is 2.89 bits per heavy atom. The third-order valence-electron chi connectivity index (χ3n) is 3.83. The van der Waals surface area contributed by atoms with Crippen molar-refractivity contribution in [1.29, 1.82) is 0 Å². The Morgan fingerprint density at radius 1 is 1.47 bits per heavy atom. The highest BCUT2D eigenvalue weighted by Gasteiger charge is 2.42. The summed E-state index contributed by atoms with van der Waals surface area (Å²) in [5.41, 5.74) is 0.390. The van der Waals surface area contributed by atoms with Crippen LogP contribution in [0, 0.1) is 5.41 Å². The fourth-order valence-electron chi connectivity index (χ4n) is 2.34. The van der Waals surface area contributed by atoms with Gasteiger partial charge in [0, 0.05) is 12.0 Å². The zero-order chi connectivity index (χ0) is 13.5. The maximum Gasteiger partial charge on any atom is 0.261 e. The quantitative estimate of drug-likeness (QED) is 0.896. The van der Waals surface area contributed by atoms with E-state index in [1.165, 1.54) is 0 Å². The molecule has 0 radical (unpaired) electrons. The summed E-state index contributed by atoms with van der Waals surface area (Å²) in [6.07, 6.45) is 3.47. The van der Waals surface area contributed by atoms with E-state index in [-0.39, 0.29) is 17.6 Å². The Labute approximate surface area is 110 Å². The summed E-state index contributed by atoms with van der Waals surface area (Å²) in [5, 5.41) is 9.90. The molecule has 0 saturated heterocycles. The van der Waals surface area contributed by atoms with Gasteiger partial charge in [0.1, 0.15) is 11.3 Å². The van der Waals surface area contributed by atoms with Crippen LogP contribution in [0.25, 0.3) is 10.9 Å². The smallest absolute Gasteiger partial charge is 0.261 e. The van der Waals surface area contributed by atoms with Gasteiger partial charge >= 0.3 is 0 Å². The molecule has 0 bridgehead atoms. The van der Waals surface area contributed by atoms with E-state index in [0.29, 0.717) is 23.2 Å². The number of aliphatic hydroxyl groups is 1. The van der Waals surface area contributed by atoms with Crippen molar-refractivity contribution in [3.8, 4) is 5.75 Å². The first-order valence-electron chi connectivity index (χ1n) is 6.32. The van der Waals surface area contributed by atoms with Crippen molar-refractivity contribution in [2.24, 2.45) is 5.41 Å². The van der Waals surface area contributed by atoms with Gasteiger partial charge in [-0.2, -0.15) is 0 Å². The number of aromatic nitrogens is 2. The average molecular weight is 260 g/mol. The molecule has 0 atom stereocenters. The number of nitrogens with zero attached hydrogens (tertiary/aromatic N) is 2. The number of aliphatic hydroxyl groups excluding tert-OH is 1. The minimum atomic E-state index is -0.113. The molecule has 1 aromatic carbocycles. The van der Waals surface area contributed by atoms with Crippen LogP contribution in [-0.2, 0) is 6.54 Å². The van der Waals surface area contributed by atoms with Gasteiger partial charge in [-0.05, 0) is 25.0 Å². The Kier molecular flexibility index (Phi) is 2.78. The zero-order valence-corrected chi connectivity index (χ0v) is 10.8. The predicted molar refractivity (Wildman–Crippen MR) is 71.3 cm³/mol. The monoisotopic (exact) mass is 260 g/mol. The van der Waals surface area contributed by atoms with E-state index < -0.39 is 0 Å². The third-order valence-corrected chi connectivity index (χ3v) is 3.83. The van der Waals surface area contributed by atoms with Gasteiger partial charge in [0.2, 0.25) is 0 Å². The molecule has 1 N–H and O–H groups in total. The standard InChI is InChI=1S/C14H16N2O3/c1-19-11-4-2-3-10-12(11)15-9-16(13(10)18)7-14(8-17)5-6-14/h2-4,9,17H,5-8H2,1H3. The molecule has 1 aliphatic rings. The number of methoxy groups -OCH3 is 1. The average Bonchev–Trinajstić information content (AvgIpc) is 3.22. The van der Waals surface area contributed by atoms with Crippen LogP contribution in [0.1, 0.15) is 12.8 Å². The van der Waals surface area contributed by atoms with Gasteiger partial charge < -0.3 is 9.84 Å². The first-order valence-corrected chi connectivity index (χ1v) is 6.32. The first kappa shape index (κ1) is 12.2. The van der Waals surface area contributed by atoms with E-state index >= 15 is 0 Å². The normalized spacial score (nSPS) is 16.5. The fourth-order valence-corrected chi connectivity index (χ4v) is 2.34. The Bertz CT molecular complexity index is 674. The summed E-state index contributed by atoms with van der Waals surface area (Å²) in [5.74, 6) is 0.602. The van der Waals surface area contributed by atoms with Crippen LogP contribution in [0.4, 0.5) is 0 Å². The lowest BCUT2D eigenvalue weighted by atomic mass is 10.1. The summed E-state index contributed by atoms with van der Waals surface area (Å²) in [6.45, 7) is 0.651. The molecule has 1 fully saturated rings. The number of benzene rings is 1. The Balaban J connectivity index is 2.09. The molecule has 0 spiro atoms. The molecule has 2 aromatic rings. The number of fused-ring (bicyclic) bond motifs is 1. The van der Waals surface area contributed by atoms with Crippen molar-refractivity contribution in [3.05, 3.63) is 34.9 Å². The van der Waals surface area contributed by atoms with Crippen molar-refractivity contribution in [3.63, 3.8) is 0 Å². The van der Waals surface area contributed by atoms with E-state index in [9.17, 15) is 9.90 Å². The number of hydrogen-bond donors (Lipinski definition) is 1. The second-order valence-corrected chi connectivity index (χ2v) is 5.19. The minimum absolute atomic E-state index is 0.0800. The fraction of sp³-hybridized carbons (Fsp3) is 0.429. The van der Waals surface area contributed by atoms with Crippen LogP contribution in [0.5, 0.6) is 5.75 Å². The first-order chi connectivity index (χ1) is 9.19. The molecule has 0 amide bonds. The van der Waals surface area contributed by atoms with Crippen molar-refractivity contribution in [1.82, 2.24) is 9.55 Å². The number of rotatable bonds is 4. The van der Waals surface area contributed by atoms with Gasteiger partial charge in [0.15, 0.2) is 0 Å². The topological polar surface area (TPSA) is 64.3 Å². The second-order valence-electron chi connectivity index (χ2n) is 5.19. The van der Waals surface area contributed by atoms with Crippen molar-refractivity contribution < 1.29 is 9.84 Å². The van der Waals surface area contributed by atoms with Crippen molar-refractivity contribution >= 4 is 10.9 Å². The molecule has 100 valence electrons. The SMILES string of the molecule is COc1cccc2c(=O)n(CC3(CO)CC3)cnc12. The molecule has 0 aliphatic heterocycles. The molecule has 19 heavy (non-hydrogen) atoms. The van der Waals surface area contributed by atoms with Crippen LogP contribution in [-0.4, -0.2) is 28.4 Å². The highest BCUT2D eigenvalue weighted by Crippen LogP contribution is 2.46. The highest BCUT2D eigenvalue weighted by molar-refractivity contribution is 5.83. The van der Waals surface area contributed by atoms with Crippen LogP contribution in [0.3, 0.4) is 0 Å². The molecule has 3 rings (SSSR count). The van der Waals surface area contributed by atoms with Crippen molar-refractivity contribution in [2.45, 2.75) is 19.4 Å². The minimum Gasteiger partial charge on any atom is -0.494 e. The maximum atomic E-state index is 12.4. The van der Waals surface area contributed by atoms with Gasteiger partial charge in [-0.3, -0.25) is 9.36 Å². The molecule has 0 unspecified atom stereocenters. The van der Waals surface area contributed by atoms with Crippen LogP contribution in [0.2, 0.25) is 0 Å². The lowest BCUT2D eigenvalue weighted by molar-refractivity contribution is 0.193. The summed E-state index contributed by atoms with van der Waals surface area (Å²) >= 11 is 0. The number of hydrogen-bond acceptors (Lipinski definition) is 4. The number of para-hydroxylation sites is 1. The molecule has 5 heteroatoms. The molecular weight excluding hydrogens is 244 g/mol. The zero-order valence-electron chi connectivity index (χ0n) is 10.8. The summed E-state index contributed by atoms with van der Waals surface area (Å²) in [7, 11) is 1.56. The lowest BCUT2D eigenvalue weighted by Gasteiger charge is -2.14. The molecule has 1 saturated carbocycles. The van der Waals surface area contributed by atoms with Crippen LogP contribution in [0.15, 0.2) is 29.3 Å². The number of ether oxygens (including phenoxy) is 1. The maximum absolute atomic E-state index is 12.4. The lowest BCUT2D eigenvalue weighted by Crippen LogP contribution is -2.26. The van der Waals surface area contributed by atoms with E-state index in [2.05, 4.69) is 4.98 Å². The molecule has 1 heterocycles. The largest absolute Gasteiger partial charge is 0.494 e. The summed E-state index contributed by atoms with van der Waals surface area (Å²) in [4.78, 5) is 16.7. The van der Waals surface area contributed by atoms with Gasteiger partial charge in [-0.15, -0.1) is 0 Å². The van der Waals surface area contributed by atoms with Gasteiger partial charge in [0.25, 0.3) is 5.56 Å². The second kappa shape index (κ2) is 4.35. The van der Waals surface area contributed by atoms with Crippen LogP contribution >= 0.6 is 0 Å². The highest BCUT2D eigenvalue weighted by atomic mass is 16.5. The third kappa shape index (κ3) is 2.00. The molecular formula is C14H16N2O3. The molecule has 1 aromatic heterocycles. The van der Waals surface area contributed by atoms with Gasteiger partial charge in [0.05, 0.1) is 25.4 Å². The van der Waals surface area contributed by atoms with E-state index in [0.717, 1.165) is 12.8 Å². The van der Waals surface area contributed by atoms with E-state index in [1.54, 1.807) is 36.2 Å². The van der Waals surface area contributed by atoms with E-state index in [4.69, 9.17) is 4.74 Å². The summed E-state index contributed by atoms with van der Waals surface area (Å²) < 4.78 is 6.79. The van der Waals surface area contributed by atoms with E-state index in [1.807, 2.05) is 0 Å².